The third-order valence-electron chi connectivity index (χ3n) is 9.39. The van der Waals surface area contributed by atoms with Crippen molar-refractivity contribution in [3.8, 4) is 34.6 Å². The first kappa shape index (κ1) is 37.4. The zero-order valence-electron chi connectivity index (χ0n) is 29.8. The molecule has 10 nitrogen and oxygen atoms in total. The van der Waals surface area contributed by atoms with Gasteiger partial charge >= 0.3 is 0 Å². The maximum atomic E-state index is 14.0. The number of benzene rings is 1. The Kier molecular flexibility index (Phi) is 13.8. The summed E-state index contributed by atoms with van der Waals surface area (Å²) in [4.78, 5) is 39.2. The van der Waals surface area contributed by atoms with Gasteiger partial charge in [-0.05, 0) is 56.2 Å². The second-order valence-electron chi connectivity index (χ2n) is 12.8. The van der Waals surface area contributed by atoms with E-state index < -0.39 is 0 Å². The second-order valence-corrected chi connectivity index (χ2v) is 14.9. The summed E-state index contributed by atoms with van der Waals surface area (Å²) in [7, 11) is 4.57. The molecule has 0 aliphatic heterocycles. The van der Waals surface area contributed by atoms with Crippen LogP contribution in [0.4, 0.5) is 0 Å². The van der Waals surface area contributed by atoms with Crippen molar-refractivity contribution in [2.75, 3.05) is 27.1 Å². The number of aromatic nitrogens is 4. The highest BCUT2D eigenvalue weighted by Crippen LogP contribution is 2.41. The monoisotopic (exact) mass is 719 g/mol. The van der Waals surface area contributed by atoms with Crippen LogP contribution in [0, 0.1) is 11.3 Å². The van der Waals surface area contributed by atoms with E-state index in [9.17, 15) is 14.9 Å². The first-order chi connectivity index (χ1) is 24.4. The largest absolute Gasteiger partial charge is 0.493 e. The zero-order valence-corrected chi connectivity index (χ0v) is 31.5. The van der Waals surface area contributed by atoms with Gasteiger partial charge in [-0.1, -0.05) is 70.1 Å². The highest BCUT2D eigenvalue weighted by molar-refractivity contribution is 7.99. The van der Waals surface area contributed by atoms with Crippen LogP contribution in [-0.2, 0) is 25.9 Å². The lowest BCUT2D eigenvalue weighted by molar-refractivity contribution is 0.324. The maximum Gasteiger partial charge on any atom is 0.272 e. The molecule has 50 heavy (non-hydrogen) atoms. The number of aryl methyl sites for hydroxylation is 3. The van der Waals surface area contributed by atoms with Crippen molar-refractivity contribution >= 4 is 33.3 Å². The molecule has 5 rings (SSSR count). The van der Waals surface area contributed by atoms with Gasteiger partial charge in [-0.2, -0.15) is 5.26 Å². The fraction of sp³-hybridized carbons (Fsp3) is 0.553. The molecule has 4 aromatic rings. The predicted molar refractivity (Wildman–Crippen MR) is 201 cm³/mol. The minimum atomic E-state index is -0.360. The van der Waals surface area contributed by atoms with Crippen LogP contribution in [-0.4, -0.2) is 46.2 Å². The summed E-state index contributed by atoms with van der Waals surface area (Å²) < 4.78 is 20.0. The summed E-state index contributed by atoms with van der Waals surface area (Å²) in [6.45, 7) is 3.23. The minimum Gasteiger partial charge on any atom is -0.493 e. The molecule has 0 unspecified atom stereocenters. The van der Waals surface area contributed by atoms with Gasteiger partial charge in [0.25, 0.3) is 11.1 Å². The van der Waals surface area contributed by atoms with Crippen molar-refractivity contribution < 1.29 is 14.2 Å². The Balaban J connectivity index is 1.37. The highest BCUT2D eigenvalue weighted by Gasteiger charge is 2.23. The molecule has 0 saturated carbocycles. The average molecular weight is 720 g/mol. The fourth-order valence-electron chi connectivity index (χ4n) is 6.69. The molecule has 0 saturated heterocycles. The number of ether oxygens (including phenoxy) is 3. The molecule has 0 fully saturated rings. The molecule has 12 heteroatoms. The van der Waals surface area contributed by atoms with Crippen molar-refractivity contribution in [1.29, 1.82) is 5.26 Å². The molecule has 0 spiro atoms. The van der Waals surface area contributed by atoms with Crippen molar-refractivity contribution in [2.24, 2.45) is 0 Å². The molecule has 0 radical (unpaired) electrons. The van der Waals surface area contributed by atoms with Gasteiger partial charge in [0.15, 0.2) is 16.7 Å². The molecule has 268 valence electrons. The van der Waals surface area contributed by atoms with E-state index in [-0.39, 0.29) is 22.4 Å². The van der Waals surface area contributed by atoms with Crippen molar-refractivity contribution in [2.45, 2.75) is 115 Å². The van der Waals surface area contributed by atoms with E-state index >= 15 is 0 Å². The van der Waals surface area contributed by atoms with E-state index in [1.54, 1.807) is 38.9 Å². The Hall–Kier alpha value is -3.82. The zero-order chi connectivity index (χ0) is 35.5. The first-order valence-corrected chi connectivity index (χ1v) is 19.7. The molecular formula is C38H49N5O5S2. The molecule has 0 bridgehead atoms. The number of unbranched alkanes of at least 4 members (excludes halogenated alkanes) is 8. The summed E-state index contributed by atoms with van der Waals surface area (Å²) in [6, 6.07) is 5.56. The number of thioether (sulfide) groups is 1. The van der Waals surface area contributed by atoms with Crippen molar-refractivity contribution in [3.63, 3.8) is 0 Å². The van der Waals surface area contributed by atoms with Gasteiger partial charge in [-0.25, -0.2) is 9.97 Å². The molecule has 1 aliphatic carbocycles. The lowest BCUT2D eigenvalue weighted by Crippen LogP contribution is -2.27. The number of hydrogen-bond donors (Lipinski definition) is 0. The lowest BCUT2D eigenvalue weighted by Gasteiger charge is -2.17. The van der Waals surface area contributed by atoms with Gasteiger partial charge < -0.3 is 14.2 Å². The quantitative estimate of drug-likeness (QED) is 0.0537. The van der Waals surface area contributed by atoms with Crippen LogP contribution in [0.1, 0.15) is 100.0 Å². The Bertz CT molecular complexity index is 1900. The average Bonchev–Trinajstić information content (AvgIpc) is 3.52. The lowest BCUT2D eigenvalue weighted by atomic mass is 9.97. The smallest absolute Gasteiger partial charge is 0.272 e. The number of fused-ring (bicyclic) bond motifs is 3. The van der Waals surface area contributed by atoms with E-state index in [1.165, 1.54) is 88.5 Å². The molecule has 0 N–H and O–H groups in total. The summed E-state index contributed by atoms with van der Waals surface area (Å²) in [5, 5.41) is 11.6. The number of nitriles is 1. The topological polar surface area (TPSA) is 121 Å². The molecular weight excluding hydrogens is 671 g/mol. The fourth-order valence-corrected chi connectivity index (χ4v) is 8.85. The third kappa shape index (κ3) is 8.55. The highest BCUT2D eigenvalue weighted by atomic mass is 32.2. The SMILES string of the molecule is CCCCCCCCCCCn1c(SCCCn2cnc3sc4c(c3c2=O)CCCC4)nc(-c2cc(OC)c(OC)c(OC)c2)c(C#N)c1=O. The Morgan fingerprint density at radius 2 is 1.56 bits per heavy atom. The molecule has 1 aromatic carbocycles. The van der Waals surface area contributed by atoms with E-state index in [0.717, 1.165) is 48.7 Å². The van der Waals surface area contributed by atoms with Crippen LogP contribution in [0.3, 0.4) is 0 Å². The summed E-state index contributed by atoms with van der Waals surface area (Å²) >= 11 is 3.13. The van der Waals surface area contributed by atoms with Crippen LogP contribution in [0.25, 0.3) is 21.5 Å². The minimum absolute atomic E-state index is 0.0235. The molecule has 3 heterocycles. The van der Waals surface area contributed by atoms with Crippen LogP contribution >= 0.6 is 23.1 Å². The molecule has 3 aromatic heterocycles. The Morgan fingerprint density at radius 1 is 0.880 bits per heavy atom. The molecule has 0 atom stereocenters. The number of nitrogens with zero attached hydrogens (tertiary/aromatic N) is 5. The van der Waals surface area contributed by atoms with Gasteiger partial charge in [0.1, 0.15) is 16.5 Å². The number of hydrogen-bond acceptors (Lipinski definition) is 10. The van der Waals surface area contributed by atoms with Crippen LogP contribution in [0.15, 0.2) is 33.2 Å². The van der Waals surface area contributed by atoms with Gasteiger partial charge in [-0.15, -0.1) is 11.3 Å². The Morgan fingerprint density at radius 3 is 2.22 bits per heavy atom. The molecule has 0 amide bonds. The summed E-state index contributed by atoms with van der Waals surface area (Å²) in [5.41, 5.74) is 1.64. The third-order valence-corrected chi connectivity index (χ3v) is 11.6. The van der Waals surface area contributed by atoms with Crippen molar-refractivity contribution in [1.82, 2.24) is 19.1 Å². The van der Waals surface area contributed by atoms with Crippen molar-refractivity contribution in [3.05, 3.63) is 55.2 Å². The predicted octanol–water partition coefficient (Wildman–Crippen LogP) is 8.17. The first-order valence-electron chi connectivity index (χ1n) is 17.9. The number of rotatable bonds is 19. The van der Waals surface area contributed by atoms with E-state index in [4.69, 9.17) is 19.2 Å². The second kappa shape index (κ2) is 18.4. The van der Waals surface area contributed by atoms with E-state index in [1.807, 2.05) is 0 Å². The van der Waals surface area contributed by atoms with Crippen LogP contribution < -0.4 is 25.3 Å². The number of thiophene rings is 1. The van der Waals surface area contributed by atoms with Gasteiger partial charge in [0, 0.05) is 29.3 Å². The molecule has 1 aliphatic rings. The van der Waals surface area contributed by atoms with Gasteiger partial charge in [0.2, 0.25) is 5.75 Å². The standard InChI is InChI=1S/C38H49N5O5S2/c1-5-6-7-8-9-10-11-12-15-20-43-36(44)28(24-39)33(26-22-29(46-2)34(48-4)30(23-26)47-3)41-38(43)49-21-16-19-42-25-40-35-32(37(42)45)27-17-13-14-18-31(27)50-35/h22-23,25H,5-21H2,1-4H3. The van der Waals surface area contributed by atoms with E-state index in [0.29, 0.717) is 53.2 Å². The maximum absolute atomic E-state index is 14.0. The van der Waals surface area contributed by atoms with Gasteiger partial charge in [-0.3, -0.25) is 18.7 Å². The number of methoxy groups -OCH3 is 3. The van der Waals surface area contributed by atoms with Gasteiger partial charge in [0.05, 0.1) is 38.7 Å². The normalized spacial score (nSPS) is 12.5. The Labute approximate surface area is 302 Å². The summed E-state index contributed by atoms with van der Waals surface area (Å²) in [5.74, 6) is 1.85. The van der Waals surface area contributed by atoms with Crippen LogP contribution in [0.2, 0.25) is 0 Å². The summed E-state index contributed by atoms with van der Waals surface area (Å²) in [6.07, 6.45) is 17.1. The van der Waals surface area contributed by atoms with Crippen LogP contribution in [0.5, 0.6) is 17.2 Å². The van der Waals surface area contributed by atoms with E-state index in [2.05, 4.69) is 18.0 Å².